The highest BCUT2D eigenvalue weighted by atomic mass is 16.6. The van der Waals surface area contributed by atoms with E-state index in [1.165, 1.54) is 7.11 Å². The summed E-state index contributed by atoms with van der Waals surface area (Å²) in [4.78, 5) is 32.0. The van der Waals surface area contributed by atoms with Crippen molar-refractivity contribution in [3.8, 4) is 11.5 Å². The number of esters is 1. The number of ether oxygens (including phenoxy) is 4. The van der Waals surface area contributed by atoms with Crippen molar-refractivity contribution in [2.45, 2.75) is 45.3 Å². The summed E-state index contributed by atoms with van der Waals surface area (Å²) in [6.07, 6.45) is 6.99. The predicted molar refractivity (Wildman–Crippen MR) is 152 cm³/mol. The molecule has 0 aromatic heterocycles. The second-order valence-corrected chi connectivity index (χ2v) is 9.29. The number of rotatable bonds is 12. The zero-order chi connectivity index (χ0) is 28.5. The van der Waals surface area contributed by atoms with Crippen LogP contribution >= 0.6 is 0 Å². The van der Waals surface area contributed by atoms with Gasteiger partial charge in [0.2, 0.25) is 0 Å². The molecule has 3 atom stereocenters. The van der Waals surface area contributed by atoms with Crippen molar-refractivity contribution >= 4 is 23.3 Å². The smallest absolute Gasteiger partial charge is 0.335 e. The van der Waals surface area contributed by atoms with Crippen molar-refractivity contribution in [3.05, 3.63) is 77.9 Å². The molecule has 9 nitrogen and oxygen atoms in total. The monoisotopic (exact) mass is 548 g/mol. The third kappa shape index (κ3) is 6.90. The number of nitrogens with zero attached hydrogens (tertiary/aromatic N) is 2. The van der Waals surface area contributed by atoms with Crippen LogP contribution in [0.4, 0.5) is 5.69 Å². The van der Waals surface area contributed by atoms with Gasteiger partial charge in [-0.3, -0.25) is 4.79 Å². The van der Waals surface area contributed by atoms with Gasteiger partial charge in [0.25, 0.3) is 5.91 Å². The van der Waals surface area contributed by atoms with Crippen molar-refractivity contribution < 1.29 is 33.4 Å². The third-order valence-corrected chi connectivity index (χ3v) is 6.59. The lowest BCUT2D eigenvalue weighted by molar-refractivity contribution is -0.156. The van der Waals surface area contributed by atoms with Crippen LogP contribution in [-0.2, 0) is 30.3 Å². The van der Waals surface area contributed by atoms with Gasteiger partial charge in [0, 0.05) is 18.9 Å². The maximum atomic E-state index is 13.1. The lowest BCUT2D eigenvalue weighted by Gasteiger charge is -2.33. The number of fused-ring (bicyclic) bond motifs is 1. The van der Waals surface area contributed by atoms with Crippen LogP contribution < -0.4 is 14.4 Å². The predicted octanol–water partition coefficient (Wildman–Crippen LogP) is 4.60. The van der Waals surface area contributed by atoms with E-state index in [1.807, 2.05) is 73.7 Å². The Morgan fingerprint density at radius 1 is 1.10 bits per heavy atom. The first kappa shape index (κ1) is 28.9. The summed E-state index contributed by atoms with van der Waals surface area (Å²) in [5.74, 6) is 0.707. The summed E-state index contributed by atoms with van der Waals surface area (Å²) in [7, 11) is 1.52. The Hall–Kier alpha value is -4.11. The zero-order valence-corrected chi connectivity index (χ0v) is 23.4. The molecule has 0 saturated carbocycles. The molecule has 2 aliphatic rings. The Kier molecular flexibility index (Phi) is 9.96. The number of carbonyl (C=O) groups excluding carboxylic acids is 2. The minimum atomic E-state index is -0.645. The summed E-state index contributed by atoms with van der Waals surface area (Å²) in [5, 5.41) is 4.15. The van der Waals surface area contributed by atoms with Gasteiger partial charge >= 0.3 is 5.97 Å². The molecule has 0 fully saturated rings. The summed E-state index contributed by atoms with van der Waals surface area (Å²) in [6.45, 7) is 6.73. The van der Waals surface area contributed by atoms with E-state index in [0.717, 1.165) is 16.8 Å². The average Bonchev–Trinajstić information content (AvgIpc) is 2.96. The molecule has 0 spiro atoms. The standard InChI is InChI=1S/C31H36N2O7/c1-5-37-29(31(35)38-6-2)19-22-11-14-24(15-12-22)39-18-17-33-27-20-23(13-16-28(27)40-21(3)30(33)34)25-9-7-8-10-26(25)32-36-4/h7-16,20-21,25,29H,5-6,17-19H2,1-4H3. The quantitative estimate of drug-likeness (QED) is 0.283. The van der Waals surface area contributed by atoms with Gasteiger partial charge in [-0.25, -0.2) is 4.79 Å². The van der Waals surface area contributed by atoms with E-state index in [0.29, 0.717) is 43.4 Å². The summed E-state index contributed by atoms with van der Waals surface area (Å²) < 4.78 is 22.5. The normalized spacial score (nSPS) is 19.6. The number of amides is 1. The van der Waals surface area contributed by atoms with Gasteiger partial charge in [-0.15, -0.1) is 0 Å². The number of hydrogen-bond acceptors (Lipinski definition) is 8. The lowest BCUT2D eigenvalue weighted by Crippen LogP contribution is -2.46. The number of carbonyl (C=O) groups is 2. The van der Waals surface area contributed by atoms with Gasteiger partial charge in [0.1, 0.15) is 25.2 Å². The molecule has 1 heterocycles. The van der Waals surface area contributed by atoms with Crippen molar-refractivity contribution in [3.63, 3.8) is 0 Å². The van der Waals surface area contributed by atoms with E-state index >= 15 is 0 Å². The van der Waals surface area contributed by atoms with Crippen molar-refractivity contribution in [2.75, 3.05) is 38.4 Å². The van der Waals surface area contributed by atoms with Gasteiger partial charge < -0.3 is 28.7 Å². The van der Waals surface area contributed by atoms with Crippen molar-refractivity contribution in [2.24, 2.45) is 5.16 Å². The van der Waals surface area contributed by atoms with Crippen LogP contribution in [0.3, 0.4) is 0 Å². The van der Waals surface area contributed by atoms with E-state index in [2.05, 4.69) is 5.16 Å². The van der Waals surface area contributed by atoms with Gasteiger partial charge in [-0.1, -0.05) is 41.6 Å². The molecule has 2 aromatic carbocycles. The van der Waals surface area contributed by atoms with E-state index in [1.54, 1.807) is 18.7 Å². The molecule has 9 heteroatoms. The summed E-state index contributed by atoms with van der Waals surface area (Å²) in [5.41, 5.74) is 3.37. The highest BCUT2D eigenvalue weighted by Gasteiger charge is 2.32. The topological polar surface area (TPSA) is 95.9 Å². The number of hydrogen-bond donors (Lipinski definition) is 0. The molecule has 2 aromatic rings. The fourth-order valence-electron chi connectivity index (χ4n) is 4.69. The molecule has 1 aliphatic carbocycles. The fourth-order valence-corrected chi connectivity index (χ4v) is 4.69. The van der Waals surface area contributed by atoms with Crippen LogP contribution in [0.5, 0.6) is 11.5 Å². The maximum absolute atomic E-state index is 13.1. The van der Waals surface area contributed by atoms with Crippen molar-refractivity contribution in [1.29, 1.82) is 0 Å². The van der Waals surface area contributed by atoms with Gasteiger partial charge in [-0.2, -0.15) is 0 Å². The summed E-state index contributed by atoms with van der Waals surface area (Å²) >= 11 is 0. The first-order valence-corrected chi connectivity index (χ1v) is 13.5. The van der Waals surface area contributed by atoms with E-state index in [4.69, 9.17) is 23.8 Å². The molecule has 0 N–H and O–H groups in total. The summed E-state index contributed by atoms with van der Waals surface area (Å²) in [6, 6.07) is 13.3. The Balaban J connectivity index is 1.43. The highest BCUT2D eigenvalue weighted by Crippen LogP contribution is 2.37. The minimum absolute atomic E-state index is 0.104. The average molecular weight is 549 g/mol. The Morgan fingerprint density at radius 2 is 1.90 bits per heavy atom. The van der Waals surface area contributed by atoms with Gasteiger partial charge in [0.15, 0.2) is 12.2 Å². The zero-order valence-electron chi connectivity index (χ0n) is 23.4. The molecular weight excluding hydrogens is 512 g/mol. The van der Waals surface area contributed by atoms with E-state index < -0.39 is 12.2 Å². The van der Waals surface area contributed by atoms with Crippen LogP contribution in [0.25, 0.3) is 0 Å². The van der Waals surface area contributed by atoms with Crippen LogP contribution in [-0.4, -0.2) is 63.3 Å². The van der Waals surface area contributed by atoms with Gasteiger partial charge in [-0.05, 0) is 62.2 Å². The van der Waals surface area contributed by atoms with E-state index in [-0.39, 0.29) is 24.4 Å². The molecule has 4 rings (SSSR count). The van der Waals surface area contributed by atoms with Crippen molar-refractivity contribution in [1.82, 2.24) is 0 Å². The highest BCUT2D eigenvalue weighted by molar-refractivity contribution is 6.03. The molecule has 3 unspecified atom stereocenters. The van der Waals surface area contributed by atoms with Gasteiger partial charge in [0.05, 0.1) is 24.6 Å². The molecule has 0 bridgehead atoms. The second-order valence-electron chi connectivity index (χ2n) is 9.29. The Morgan fingerprint density at radius 3 is 2.62 bits per heavy atom. The van der Waals surface area contributed by atoms with Crippen LogP contribution in [0.15, 0.2) is 71.9 Å². The molecule has 1 amide bonds. The number of allylic oxidation sites excluding steroid dienone is 4. The van der Waals surface area contributed by atoms with Crippen LogP contribution in [0.1, 0.15) is 37.8 Å². The third-order valence-electron chi connectivity index (χ3n) is 6.59. The molecule has 40 heavy (non-hydrogen) atoms. The largest absolute Gasteiger partial charge is 0.492 e. The lowest BCUT2D eigenvalue weighted by atomic mass is 9.90. The Bertz CT molecular complexity index is 1270. The number of benzene rings is 2. The first-order valence-electron chi connectivity index (χ1n) is 13.5. The molecule has 212 valence electrons. The second kappa shape index (κ2) is 13.8. The number of anilines is 1. The first-order chi connectivity index (χ1) is 19.4. The fraction of sp³-hybridized carbons (Fsp3) is 0.387. The van der Waals surface area contributed by atoms with Crippen LogP contribution in [0, 0.1) is 0 Å². The van der Waals surface area contributed by atoms with Crippen LogP contribution in [0.2, 0.25) is 0 Å². The minimum Gasteiger partial charge on any atom is -0.492 e. The Labute approximate surface area is 235 Å². The maximum Gasteiger partial charge on any atom is 0.335 e. The molecule has 1 aliphatic heterocycles. The van der Waals surface area contributed by atoms with E-state index in [9.17, 15) is 9.59 Å². The molecule has 0 radical (unpaired) electrons. The SMILES string of the molecule is CCOC(=O)C(Cc1ccc(OCCN2C(=O)C(C)Oc3ccc(C4C=CC=CC4=NOC)cc32)cc1)OCC. The number of oxime groups is 1. The molecular formula is C31H36N2O7. The molecule has 0 saturated heterocycles.